The summed E-state index contributed by atoms with van der Waals surface area (Å²) in [7, 11) is 0. The Morgan fingerprint density at radius 2 is 2.04 bits per heavy atom. The van der Waals surface area contributed by atoms with Gasteiger partial charge in [0.1, 0.15) is 18.5 Å². The second-order valence-electron chi connectivity index (χ2n) is 7.00. The van der Waals surface area contributed by atoms with Gasteiger partial charge in [0.15, 0.2) is 29.3 Å². The summed E-state index contributed by atoms with van der Waals surface area (Å²) in [6.07, 6.45) is 2.76. The number of anilines is 1. The summed E-state index contributed by atoms with van der Waals surface area (Å²) in [5.74, 6) is 0.174. The van der Waals surface area contributed by atoms with Crippen molar-refractivity contribution < 1.29 is 19.7 Å². The first kappa shape index (κ1) is 18.1. The second-order valence-corrected chi connectivity index (χ2v) is 7.00. The van der Waals surface area contributed by atoms with Crippen LogP contribution in [-0.4, -0.2) is 66.5 Å². The number of nitrogens with one attached hydrogen (secondary N) is 2. The Morgan fingerprint density at radius 3 is 2.78 bits per heavy atom. The van der Waals surface area contributed by atoms with Crippen molar-refractivity contribution in [2.75, 3.05) is 11.9 Å². The molecule has 10 nitrogen and oxygen atoms in total. The molecule has 4 rings (SSSR count). The van der Waals surface area contributed by atoms with Gasteiger partial charge in [-0.05, 0) is 19.8 Å². The number of hydrogen-bond acceptors (Lipinski definition) is 8. The maximum absolute atomic E-state index is 12.1. The lowest BCUT2D eigenvalue weighted by Crippen LogP contribution is -2.42. The zero-order valence-electron chi connectivity index (χ0n) is 15.1. The number of aromatic nitrogens is 4. The van der Waals surface area contributed by atoms with Crippen LogP contribution in [0.15, 0.2) is 12.7 Å². The van der Waals surface area contributed by atoms with Crippen molar-refractivity contribution in [3.63, 3.8) is 0 Å². The summed E-state index contributed by atoms with van der Waals surface area (Å²) in [5.41, 5.74) is 1.04. The van der Waals surface area contributed by atoms with Crippen LogP contribution in [0, 0.1) is 0 Å². The molecule has 2 aliphatic rings. The topological polar surface area (TPSA) is 134 Å². The van der Waals surface area contributed by atoms with E-state index in [0.717, 1.165) is 12.8 Å². The van der Waals surface area contributed by atoms with Crippen LogP contribution >= 0.6 is 0 Å². The van der Waals surface area contributed by atoms with Gasteiger partial charge in [0.05, 0.1) is 6.33 Å². The highest BCUT2D eigenvalue weighted by molar-refractivity contribution is 5.83. The molecule has 1 aliphatic heterocycles. The van der Waals surface area contributed by atoms with Gasteiger partial charge in [-0.2, -0.15) is 0 Å². The maximum atomic E-state index is 12.1. The van der Waals surface area contributed by atoms with Crippen molar-refractivity contribution in [2.24, 2.45) is 0 Å². The molecule has 146 valence electrons. The van der Waals surface area contributed by atoms with Gasteiger partial charge in [-0.25, -0.2) is 15.0 Å². The number of carbonyl (C=O) groups excluding carboxylic acids is 1. The number of nitrogens with zero attached hydrogens (tertiary/aromatic N) is 4. The summed E-state index contributed by atoms with van der Waals surface area (Å²) < 4.78 is 7.19. The summed E-state index contributed by atoms with van der Waals surface area (Å²) in [6.45, 7) is 2.18. The van der Waals surface area contributed by atoms with Crippen LogP contribution in [0.3, 0.4) is 0 Å². The minimum atomic E-state index is -1.34. The smallest absolute Gasteiger partial charge is 0.252 e. The Bertz CT molecular complexity index is 821. The molecule has 0 spiro atoms. The summed E-state index contributed by atoms with van der Waals surface area (Å²) in [4.78, 5) is 25.0. The van der Waals surface area contributed by atoms with Gasteiger partial charge in [-0.3, -0.25) is 9.36 Å². The van der Waals surface area contributed by atoms with Gasteiger partial charge in [-0.15, -0.1) is 0 Å². The Balaban J connectivity index is 1.61. The van der Waals surface area contributed by atoms with E-state index in [9.17, 15) is 15.0 Å². The largest absolute Gasteiger partial charge is 0.387 e. The first-order valence-electron chi connectivity index (χ1n) is 9.33. The molecule has 1 aliphatic carbocycles. The van der Waals surface area contributed by atoms with Crippen molar-refractivity contribution in [3.8, 4) is 0 Å². The lowest BCUT2D eigenvalue weighted by molar-refractivity contribution is -0.137. The van der Waals surface area contributed by atoms with Crippen LogP contribution in [0.2, 0.25) is 0 Å². The molecule has 2 aromatic heterocycles. The third-order valence-corrected chi connectivity index (χ3v) is 5.18. The average Bonchev–Trinajstić information content (AvgIpc) is 3.37. The molecule has 0 aromatic carbocycles. The predicted molar refractivity (Wildman–Crippen MR) is 95.8 cm³/mol. The molecule has 2 fully saturated rings. The van der Waals surface area contributed by atoms with E-state index in [1.54, 1.807) is 6.92 Å². The van der Waals surface area contributed by atoms with E-state index in [1.165, 1.54) is 30.1 Å². The molecule has 1 amide bonds. The molecule has 2 aromatic rings. The number of imidazole rings is 1. The molecule has 4 atom stereocenters. The van der Waals surface area contributed by atoms with Gasteiger partial charge >= 0.3 is 0 Å². The fourth-order valence-electron chi connectivity index (χ4n) is 3.79. The van der Waals surface area contributed by atoms with Crippen LogP contribution in [-0.2, 0) is 9.53 Å². The number of hydrogen-bond donors (Lipinski definition) is 4. The highest BCUT2D eigenvalue weighted by atomic mass is 16.6. The monoisotopic (exact) mass is 376 g/mol. The van der Waals surface area contributed by atoms with Crippen molar-refractivity contribution in [1.82, 2.24) is 24.8 Å². The number of aliphatic hydroxyl groups excluding tert-OH is 2. The lowest BCUT2D eigenvalue weighted by Gasteiger charge is -2.17. The van der Waals surface area contributed by atoms with Crippen molar-refractivity contribution in [1.29, 1.82) is 0 Å². The molecule has 27 heavy (non-hydrogen) atoms. The van der Waals surface area contributed by atoms with E-state index in [1.807, 2.05) is 0 Å². The summed E-state index contributed by atoms with van der Waals surface area (Å²) in [6, 6.07) is 0.366. The Morgan fingerprint density at radius 1 is 1.26 bits per heavy atom. The van der Waals surface area contributed by atoms with Crippen LogP contribution in [0.25, 0.3) is 11.2 Å². The molecule has 1 saturated heterocycles. The van der Waals surface area contributed by atoms with Crippen molar-refractivity contribution in [3.05, 3.63) is 12.7 Å². The molecule has 1 unspecified atom stereocenters. The fraction of sp³-hybridized carbons (Fsp3) is 0.647. The SMILES string of the molecule is CCNC(=O)[C@H]1OC(n2cnc3c(NC4CCCC4)ncnc32)[C@H](O)[C@@H]1O. The van der Waals surface area contributed by atoms with Crippen LogP contribution in [0.1, 0.15) is 38.8 Å². The highest BCUT2D eigenvalue weighted by Gasteiger charge is 2.47. The Kier molecular flexibility index (Phi) is 4.94. The second kappa shape index (κ2) is 7.37. The third-order valence-electron chi connectivity index (χ3n) is 5.18. The number of rotatable bonds is 5. The Labute approximate surface area is 156 Å². The molecule has 10 heteroatoms. The number of fused-ring (bicyclic) bond motifs is 1. The molecule has 3 heterocycles. The van der Waals surface area contributed by atoms with E-state index in [4.69, 9.17) is 4.74 Å². The maximum Gasteiger partial charge on any atom is 0.252 e. The molecule has 4 N–H and O–H groups in total. The molecular formula is C17H24N6O4. The minimum Gasteiger partial charge on any atom is -0.387 e. The van der Waals surface area contributed by atoms with E-state index >= 15 is 0 Å². The summed E-state index contributed by atoms with van der Waals surface area (Å²) in [5, 5.41) is 26.6. The zero-order chi connectivity index (χ0) is 19.0. The Hall–Kier alpha value is -2.30. The number of aliphatic hydroxyl groups is 2. The predicted octanol–water partition coefficient (Wildman–Crippen LogP) is -0.0639. The van der Waals surface area contributed by atoms with Gasteiger partial charge in [0.25, 0.3) is 5.91 Å². The number of ether oxygens (including phenoxy) is 1. The fourth-order valence-corrected chi connectivity index (χ4v) is 3.79. The van der Waals surface area contributed by atoms with E-state index in [-0.39, 0.29) is 0 Å². The van der Waals surface area contributed by atoms with Crippen molar-refractivity contribution in [2.45, 2.75) is 63.2 Å². The number of likely N-dealkylation sites (N-methyl/N-ethyl adjacent to an activating group) is 1. The summed E-state index contributed by atoms with van der Waals surface area (Å²) >= 11 is 0. The van der Waals surface area contributed by atoms with Gasteiger partial charge < -0.3 is 25.6 Å². The van der Waals surface area contributed by atoms with Gasteiger partial charge in [-0.1, -0.05) is 12.8 Å². The molecule has 0 radical (unpaired) electrons. The normalized spacial score (nSPS) is 28.7. The van der Waals surface area contributed by atoms with E-state index in [2.05, 4.69) is 25.6 Å². The van der Waals surface area contributed by atoms with E-state index < -0.39 is 30.4 Å². The van der Waals surface area contributed by atoms with Crippen LogP contribution < -0.4 is 10.6 Å². The van der Waals surface area contributed by atoms with Crippen molar-refractivity contribution >= 4 is 22.9 Å². The number of carbonyl (C=O) groups is 1. The van der Waals surface area contributed by atoms with Crippen LogP contribution in [0.4, 0.5) is 5.82 Å². The highest BCUT2D eigenvalue weighted by Crippen LogP contribution is 2.33. The first-order chi connectivity index (χ1) is 13.1. The number of amides is 1. The third kappa shape index (κ3) is 3.24. The minimum absolute atomic E-state index is 0.366. The average molecular weight is 376 g/mol. The first-order valence-corrected chi connectivity index (χ1v) is 9.33. The zero-order valence-corrected chi connectivity index (χ0v) is 15.1. The van der Waals surface area contributed by atoms with Gasteiger partial charge in [0.2, 0.25) is 0 Å². The standard InChI is InChI=1S/C17H24N6O4/c1-2-18-16(26)13-11(24)12(25)17(27-13)23-8-21-10-14(19-7-20-15(10)23)22-9-5-3-4-6-9/h7-9,11-13,17,24-25H,2-6H2,1H3,(H,18,26)(H,19,20,22)/t11-,12+,13-,17?/m0/s1. The lowest BCUT2D eigenvalue weighted by atomic mass is 10.1. The molecule has 1 saturated carbocycles. The van der Waals surface area contributed by atoms with Crippen LogP contribution in [0.5, 0.6) is 0 Å². The quantitative estimate of drug-likeness (QED) is 0.570. The molecule has 0 bridgehead atoms. The van der Waals surface area contributed by atoms with E-state index in [0.29, 0.717) is 29.6 Å². The molecular weight excluding hydrogens is 352 g/mol. The van der Waals surface area contributed by atoms with Gasteiger partial charge in [0, 0.05) is 12.6 Å².